The number of rotatable bonds is 6. The van der Waals surface area contributed by atoms with Crippen molar-refractivity contribution < 1.29 is 9.53 Å². The molecule has 0 bridgehead atoms. The minimum atomic E-state index is -0.141. The summed E-state index contributed by atoms with van der Waals surface area (Å²) in [5.74, 6) is 0.0856. The van der Waals surface area contributed by atoms with Crippen LogP contribution in [0.5, 0.6) is 0 Å². The van der Waals surface area contributed by atoms with Crippen molar-refractivity contribution >= 4 is 27.5 Å². The molecular weight excluding hydrogens is 334 g/mol. The number of hydrogen-bond donors (Lipinski definition) is 2. The number of anilines is 1. The Kier molecular flexibility index (Phi) is 6.02. The Morgan fingerprint density at radius 2 is 2.33 bits per heavy atom. The number of halogens is 1. The molecule has 6 heteroatoms. The maximum absolute atomic E-state index is 11.9. The topological polar surface area (TPSA) is 53.6 Å². The van der Waals surface area contributed by atoms with Crippen LogP contribution in [-0.4, -0.2) is 45.3 Å². The van der Waals surface area contributed by atoms with E-state index in [1.54, 1.807) is 7.11 Å². The van der Waals surface area contributed by atoms with Gasteiger partial charge in [-0.1, -0.05) is 15.9 Å². The molecule has 1 saturated heterocycles. The van der Waals surface area contributed by atoms with Crippen LogP contribution in [0.15, 0.2) is 22.7 Å². The maximum atomic E-state index is 11.9. The number of carbonyl (C=O) groups excluding carboxylic acids is 1. The molecule has 0 saturated carbocycles. The molecule has 1 amide bonds. The molecule has 5 nitrogen and oxygen atoms in total. The minimum absolute atomic E-state index is 0.0856. The van der Waals surface area contributed by atoms with Crippen molar-refractivity contribution in [2.45, 2.75) is 19.5 Å². The molecule has 0 aliphatic carbocycles. The molecule has 116 valence electrons. The van der Waals surface area contributed by atoms with E-state index in [2.05, 4.69) is 43.6 Å². The minimum Gasteiger partial charge on any atom is -0.383 e. The number of carbonyl (C=O) groups is 1. The number of ether oxygens (including phenoxy) is 1. The van der Waals surface area contributed by atoms with E-state index in [1.165, 1.54) is 5.56 Å². The van der Waals surface area contributed by atoms with Crippen LogP contribution in [-0.2, 0) is 16.1 Å². The van der Waals surface area contributed by atoms with Gasteiger partial charge in [-0.05, 0) is 30.7 Å². The fourth-order valence-corrected chi connectivity index (χ4v) is 2.89. The van der Waals surface area contributed by atoms with E-state index >= 15 is 0 Å². The fraction of sp³-hybridized carbons (Fsp3) is 0.533. The third kappa shape index (κ3) is 4.18. The van der Waals surface area contributed by atoms with Crippen LogP contribution >= 0.6 is 15.9 Å². The Morgan fingerprint density at radius 1 is 1.52 bits per heavy atom. The molecule has 1 heterocycles. The summed E-state index contributed by atoms with van der Waals surface area (Å²) in [5.41, 5.74) is 2.30. The summed E-state index contributed by atoms with van der Waals surface area (Å²) in [6, 6.07) is 6.06. The summed E-state index contributed by atoms with van der Waals surface area (Å²) in [7, 11) is 1.69. The number of hydrogen-bond acceptors (Lipinski definition) is 4. The van der Waals surface area contributed by atoms with Gasteiger partial charge < -0.3 is 20.3 Å². The summed E-state index contributed by atoms with van der Waals surface area (Å²) in [6.07, 6.45) is 0. The van der Waals surface area contributed by atoms with Crippen LogP contribution < -0.4 is 15.5 Å². The van der Waals surface area contributed by atoms with E-state index in [4.69, 9.17) is 4.74 Å². The van der Waals surface area contributed by atoms with E-state index in [9.17, 15) is 4.79 Å². The van der Waals surface area contributed by atoms with Gasteiger partial charge in [0, 0.05) is 43.4 Å². The molecule has 0 radical (unpaired) electrons. The molecule has 1 aliphatic rings. The van der Waals surface area contributed by atoms with Gasteiger partial charge >= 0.3 is 0 Å². The Bertz CT molecular complexity index is 496. The molecule has 2 N–H and O–H groups in total. The van der Waals surface area contributed by atoms with Crippen molar-refractivity contribution in [2.24, 2.45) is 0 Å². The van der Waals surface area contributed by atoms with E-state index in [0.717, 1.165) is 29.8 Å². The maximum Gasteiger partial charge on any atom is 0.242 e. The van der Waals surface area contributed by atoms with Gasteiger partial charge in [-0.2, -0.15) is 0 Å². The lowest BCUT2D eigenvalue weighted by Crippen LogP contribution is -2.54. The zero-order chi connectivity index (χ0) is 15.2. The Balaban J connectivity index is 2.15. The predicted octanol–water partition coefficient (Wildman–Crippen LogP) is 1.51. The van der Waals surface area contributed by atoms with Gasteiger partial charge in [0.2, 0.25) is 5.91 Å². The number of nitrogens with zero attached hydrogens (tertiary/aromatic N) is 1. The lowest BCUT2D eigenvalue weighted by molar-refractivity contribution is -0.122. The number of amides is 1. The van der Waals surface area contributed by atoms with Gasteiger partial charge in [-0.15, -0.1) is 0 Å². The van der Waals surface area contributed by atoms with Gasteiger partial charge in [0.05, 0.1) is 6.61 Å². The highest BCUT2D eigenvalue weighted by Gasteiger charge is 2.26. The standard InChI is InChI=1S/C15H22BrN3O2/c1-11-15(20)18-5-7-19(11)14-4-3-13(16)9-12(14)10-17-6-8-21-2/h3-4,9,11,17H,5-8,10H2,1-2H3,(H,18,20). The summed E-state index contributed by atoms with van der Waals surface area (Å²) >= 11 is 3.52. The molecule has 21 heavy (non-hydrogen) atoms. The van der Waals surface area contributed by atoms with Crippen molar-refractivity contribution in [1.82, 2.24) is 10.6 Å². The highest BCUT2D eigenvalue weighted by molar-refractivity contribution is 9.10. The molecule has 1 atom stereocenters. The van der Waals surface area contributed by atoms with Crippen LogP contribution in [0, 0.1) is 0 Å². The van der Waals surface area contributed by atoms with Crippen molar-refractivity contribution in [3.05, 3.63) is 28.2 Å². The van der Waals surface area contributed by atoms with Gasteiger partial charge in [0.25, 0.3) is 0 Å². The quantitative estimate of drug-likeness (QED) is 0.759. The lowest BCUT2D eigenvalue weighted by Gasteiger charge is -2.36. The molecule has 0 aromatic heterocycles. The summed E-state index contributed by atoms with van der Waals surface area (Å²) in [5, 5.41) is 6.26. The first-order chi connectivity index (χ1) is 10.1. The highest BCUT2D eigenvalue weighted by atomic mass is 79.9. The third-order valence-electron chi connectivity index (χ3n) is 3.65. The van der Waals surface area contributed by atoms with Gasteiger partial charge in [-0.25, -0.2) is 0 Å². The first kappa shape index (κ1) is 16.3. The molecule has 2 rings (SSSR count). The van der Waals surface area contributed by atoms with Crippen LogP contribution in [0.4, 0.5) is 5.69 Å². The highest BCUT2D eigenvalue weighted by Crippen LogP contribution is 2.27. The van der Waals surface area contributed by atoms with Crippen LogP contribution in [0.1, 0.15) is 12.5 Å². The second kappa shape index (κ2) is 7.77. The second-order valence-electron chi connectivity index (χ2n) is 5.10. The Morgan fingerprint density at radius 3 is 3.10 bits per heavy atom. The SMILES string of the molecule is COCCNCc1cc(Br)ccc1N1CCNC(=O)C1C. The number of piperazine rings is 1. The number of nitrogens with one attached hydrogen (secondary N) is 2. The van der Waals surface area contributed by atoms with Crippen LogP contribution in [0.3, 0.4) is 0 Å². The molecular formula is C15H22BrN3O2. The second-order valence-corrected chi connectivity index (χ2v) is 6.02. The van der Waals surface area contributed by atoms with Gasteiger partial charge in [0.1, 0.15) is 6.04 Å². The third-order valence-corrected chi connectivity index (χ3v) is 4.14. The molecule has 1 aromatic carbocycles. The van der Waals surface area contributed by atoms with Crippen molar-refractivity contribution in [3.63, 3.8) is 0 Å². The molecule has 1 aliphatic heterocycles. The summed E-state index contributed by atoms with van der Waals surface area (Å²) < 4.78 is 6.09. The molecule has 0 spiro atoms. The molecule has 1 aromatic rings. The van der Waals surface area contributed by atoms with Crippen molar-refractivity contribution in [3.8, 4) is 0 Å². The Hall–Kier alpha value is -1.11. The first-order valence-corrected chi connectivity index (χ1v) is 7.95. The van der Waals surface area contributed by atoms with E-state index in [-0.39, 0.29) is 11.9 Å². The predicted molar refractivity (Wildman–Crippen MR) is 87.5 cm³/mol. The fourth-order valence-electron chi connectivity index (χ4n) is 2.48. The monoisotopic (exact) mass is 355 g/mol. The zero-order valence-corrected chi connectivity index (χ0v) is 14.1. The van der Waals surface area contributed by atoms with Crippen molar-refractivity contribution in [2.75, 3.05) is 38.3 Å². The first-order valence-electron chi connectivity index (χ1n) is 7.16. The smallest absolute Gasteiger partial charge is 0.242 e. The zero-order valence-electron chi connectivity index (χ0n) is 12.5. The van der Waals surface area contributed by atoms with Crippen LogP contribution in [0.25, 0.3) is 0 Å². The van der Waals surface area contributed by atoms with Gasteiger partial charge in [0.15, 0.2) is 0 Å². The van der Waals surface area contributed by atoms with E-state index in [0.29, 0.717) is 13.2 Å². The van der Waals surface area contributed by atoms with Crippen LogP contribution in [0.2, 0.25) is 0 Å². The average molecular weight is 356 g/mol. The molecule has 1 fully saturated rings. The van der Waals surface area contributed by atoms with Crippen molar-refractivity contribution in [1.29, 1.82) is 0 Å². The largest absolute Gasteiger partial charge is 0.383 e. The lowest BCUT2D eigenvalue weighted by atomic mass is 10.1. The number of methoxy groups -OCH3 is 1. The average Bonchev–Trinajstić information content (AvgIpc) is 2.47. The van der Waals surface area contributed by atoms with E-state index < -0.39 is 0 Å². The summed E-state index contributed by atoms with van der Waals surface area (Å²) in [4.78, 5) is 14.0. The normalized spacial score (nSPS) is 18.7. The van der Waals surface area contributed by atoms with Gasteiger partial charge in [-0.3, -0.25) is 4.79 Å². The summed E-state index contributed by atoms with van der Waals surface area (Å²) in [6.45, 7) is 5.71. The molecule has 1 unspecified atom stereocenters. The number of benzene rings is 1. The van der Waals surface area contributed by atoms with E-state index in [1.807, 2.05) is 13.0 Å². The Labute approximate surface area is 134 Å².